The third-order valence-electron chi connectivity index (χ3n) is 1.61. The van der Waals surface area contributed by atoms with Gasteiger partial charge in [-0.25, -0.2) is 0 Å². The lowest BCUT2D eigenvalue weighted by atomic mass is 10.2. The number of fused-ring (bicyclic) bond motifs is 1. The molecule has 0 bridgehead atoms. The molecule has 2 rings (SSSR count). The van der Waals surface area contributed by atoms with Crippen LogP contribution in [0.4, 0.5) is 5.82 Å². The van der Waals surface area contributed by atoms with E-state index in [9.17, 15) is 10.1 Å². The third kappa shape index (κ3) is 1.18. The van der Waals surface area contributed by atoms with Crippen molar-refractivity contribution in [3.8, 4) is 0 Å². The summed E-state index contributed by atoms with van der Waals surface area (Å²) in [7, 11) is 0. The molecule has 64 valence electrons. The van der Waals surface area contributed by atoms with Gasteiger partial charge in [-0.15, -0.1) is 5.10 Å². The van der Waals surface area contributed by atoms with Crippen molar-refractivity contribution < 1.29 is 4.92 Å². The second-order valence-corrected chi connectivity index (χ2v) is 2.39. The average Bonchev–Trinajstić information content (AvgIpc) is 2.17. The minimum atomic E-state index is -0.572. The first-order valence-electron chi connectivity index (χ1n) is 3.51. The molecule has 0 aliphatic rings. The molecule has 0 fully saturated rings. The predicted molar refractivity (Wildman–Crippen MR) is 44.0 cm³/mol. The third-order valence-corrected chi connectivity index (χ3v) is 1.61. The van der Waals surface area contributed by atoms with Crippen LogP contribution in [0.2, 0.25) is 0 Å². The Bertz CT molecular complexity index is 466. The molecule has 0 radical (unpaired) electrons. The van der Waals surface area contributed by atoms with Gasteiger partial charge in [0.05, 0.1) is 5.21 Å². The van der Waals surface area contributed by atoms with Gasteiger partial charge in [-0.05, 0) is 17.1 Å². The number of nitrogens with zero attached hydrogens (tertiary/aromatic N) is 4. The predicted octanol–water partition coefficient (Wildman–Crippen LogP) is 0.933. The highest BCUT2D eigenvalue weighted by molar-refractivity contribution is 5.84. The van der Waals surface area contributed by atoms with Crippen LogP contribution in [0.3, 0.4) is 0 Å². The Balaban J connectivity index is 2.83. The van der Waals surface area contributed by atoms with Gasteiger partial charge in [-0.1, -0.05) is 12.1 Å². The Kier molecular flexibility index (Phi) is 1.59. The van der Waals surface area contributed by atoms with Crippen LogP contribution in [0.25, 0.3) is 10.9 Å². The van der Waals surface area contributed by atoms with Crippen molar-refractivity contribution in [2.75, 3.05) is 0 Å². The number of hydrogen-bond donors (Lipinski definition) is 0. The van der Waals surface area contributed by atoms with E-state index < -0.39 is 4.92 Å². The van der Waals surface area contributed by atoms with E-state index in [-0.39, 0.29) is 5.82 Å². The molecular formula is C7H4N4O2. The van der Waals surface area contributed by atoms with E-state index in [4.69, 9.17) is 0 Å². The minimum absolute atomic E-state index is 0.259. The number of rotatable bonds is 1. The SMILES string of the molecule is O=[N+]([O-])c1nnnc2ccccc12. The Morgan fingerprint density at radius 3 is 2.77 bits per heavy atom. The number of benzene rings is 1. The quantitative estimate of drug-likeness (QED) is 0.476. The number of nitro groups is 1. The number of aromatic nitrogens is 3. The molecule has 0 unspecified atom stereocenters. The van der Waals surface area contributed by atoms with Crippen LogP contribution in [0, 0.1) is 10.1 Å². The van der Waals surface area contributed by atoms with E-state index in [1.807, 2.05) is 0 Å². The van der Waals surface area contributed by atoms with E-state index in [1.165, 1.54) is 0 Å². The molecular weight excluding hydrogens is 172 g/mol. The van der Waals surface area contributed by atoms with Crippen LogP contribution >= 0.6 is 0 Å². The molecule has 0 atom stereocenters. The molecule has 1 aromatic heterocycles. The van der Waals surface area contributed by atoms with Gasteiger partial charge in [0.25, 0.3) is 0 Å². The number of hydrogen-bond acceptors (Lipinski definition) is 5. The highest BCUT2D eigenvalue weighted by atomic mass is 16.6. The molecule has 13 heavy (non-hydrogen) atoms. The maximum Gasteiger partial charge on any atom is 0.402 e. The lowest BCUT2D eigenvalue weighted by molar-refractivity contribution is -0.388. The average molecular weight is 176 g/mol. The van der Waals surface area contributed by atoms with Crippen LogP contribution in [0.15, 0.2) is 24.3 Å². The second kappa shape index (κ2) is 2.74. The van der Waals surface area contributed by atoms with E-state index in [0.717, 1.165) is 0 Å². The van der Waals surface area contributed by atoms with Crippen molar-refractivity contribution in [2.45, 2.75) is 0 Å². The summed E-state index contributed by atoms with van der Waals surface area (Å²) in [4.78, 5) is 9.92. The topological polar surface area (TPSA) is 81.8 Å². The Hall–Kier alpha value is -2.11. The molecule has 0 N–H and O–H groups in total. The molecule has 0 aliphatic carbocycles. The van der Waals surface area contributed by atoms with Crippen LogP contribution in [-0.2, 0) is 0 Å². The maximum atomic E-state index is 10.5. The summed E-state index contributed by atoms with van der Waals surface area (Å²) in [6, 6.07) is 6.67. The summed E-state index contributed by atoms with van der Waals surface area (Å²) in [6.45, 7) is 0. The largest absolute Gasteiger partial charge is 0.402 e. The van der Waals surface area contributed by atoms with Gasteiger partial charge in [0.2, 0.25) is 0 Å². The molecule has 1 aromatic carbocycles. The van der Waals surface area contributed by atoms with Crippen molar-refractivity contribution >= 4 is 16.7 Å². The summed E-state index contributed by atoms with van der Waals surface area (Å²) in [5.74, 6) is -0.259. The smallest absolute Gasteiger partial charge is 0.358 e. The minimum Gasteiger partial charge on any atom is -0.358 e. The van der Waals surface area contributed by atoms with Gasteiger partial charge in [0, 0.05) is 0 Å². The van der Waals surface area contributed by atoms with Crippen molar-refractivity contribution in [3.63, 3.8) is 0 Å². The van der Waals surface area contributed by atoms with Gasteiger partial charge >= 0.3 is 5.82 Å². The first-order chi connectivity index (χ1) is 6.29. The van der Waals surface area contributed by atoms with E-state index in [2.05, 4.69) is 15.4 Å². The molecule has 6 heteroatoms. The summed E-state index contributed by atoms with van der Waals surface area (Å²) in [5, 5.41) is 21.2. The Morgan fingerprint density at radius 2 is 2.00 bits per heavy atom. The van der Waals surface area contributed by atoms with Gasteiger partial charge in [-0.2, -0.15) is 0 Å². The van der Waals surface area contributed by atoms with E-state index in [1.54, 1.807) is 24.3 Å². The highest BCUT2D eigenvalue weighted by Gasteiger charge is 2.14. The molecule has 2 aromatic rings. The first-order valence-corrected chi connectivity index (χ1v) is 3.51. The summed E-state index contributed by atoms with van der Waals surface area (Å²) < 4.78 is 0. The van der Waals surface area contributed by atoms with E-state index in [0.29, 0.717) is 10.9 Å². The van der Waals surface area contributed by atoms with Crippen LogP contribution in [0.1, 0.15) is 0 Å². The van der Waals surface area contributed by atoms with Crippen LogP contribution in [-0.4, -0.2) is 20.3 Å². The lowest BCUT2D eigenvalue weighted by Gasteiger charge is -1.94. The molecule has 6 nitrogen and oxygen atoms in total. The van der Waals surface area contributed by atoms with Gasteiger partial charge in [0.15, 0.2) is 0 Å². The second-order valence-electron chi connectivity index (χ2n) is 2.39. The summed E-state index contributed by atoms with van der Waals surface area (Å²) >= 11 is 0. The monoisotopic (exact) mass is 176 g/mol. The van der Waals surface area contributed by atoms with Crippen LogP contribution < -0.4 is 0 Å². The molecule has 0 saturated heterocycles. The zero-order valence-corrected chi connectivity index (χ0v) is 6.41. The van der Waals surface area contributed by atoms with Crippen molar-refractivity contribution in [1.82, 2.24) is 15.4 Å². The van der Waals surface area contributed by atoms with Crippen LogP contribution in [0.5, 0.6) is 0 Å². The zero-order valence-electron chi connectivity index (χ0n) is 6.41. The van der Waals surface area contributed by atoms with E-state index >= 15 is 0 Å². The highest BCUT2D eigenvalue weighted by Crippen LogP contribution is 2.18. The fraction of sp³-hybridized carbons (Fsp3) is 0. The fourth-order valence-electron chi connectivity index (χ4n) is 1.05. The first kappa shape index (κ1) is 7.53. The summed E-state index contributed by atoms with van der Waals surface area (Å²) in [5.41, 5.74) is 0.476. The fourth-order valence-corrected chi connectivity index (χ4v) is 1.05. The maximum absolute atomic E-state index is 10.5. The van der Waals surface area contributed by atoms with Gasteiger partial charge < -0.3 is 10.1 Å². The Morgan fingerprint density at radius 1 is 1.23 bits per heavy atom. The molecule has 0 saturated carbocycles. The normalized spacial score (nSPS) is 10.2. The summed E-state index contributed by atoms with van der Waals surface area (Å²) in [6.07, 6.45) is 0. The molecule has 0 aliphatic heterocycles. The lowest BCUT2D eigenvalue weighted by Crippen LogP contribution is -1.97. The van der Waals surface area contributed by atoms with Gasteiger partial charge in [0.1, 0.15) is 16.0 Å². The molecule has 0 amide bonds. The molecule has 1 heterocycles. The standard InChI is InChI=1S/C7H4N4O2/c12-11(13)7-5-3-1-2-4-6(5)8-10-9-7/h1-4H. The molecule has 0 spiro atoms. The van der Waals surface area contributed by atoms with Gasteiger partial charge in [-0.3, -0.25) is 0 Å². The van der Waals surface area contributed by atoms with Crippen molar-refractivity contribution in [2.24, 2.45) is 0 Å². The zero-order chi connectivity index (χ0) is 9.26. The Labute approximate surface area is 72.4 Å². The van der Waals surface area contributed by atoms with Crippen molar-refractivity contribution in [1.29, 1.82) is 0 Å². The van der Waals surface area contributed by atoms with Crippen molar-refractivity contribution in [3.05, 3.63) is 34.4 Å².